The molecule has 0 atom stereocenters. The van der Waals surface area contributed by atoms with Gasteiger partial charge in [-0.25, -0.2) is 4.98 Å². The Morgan fingerprint density at radius 1 is 1.20 bits per heavy atom. The lowest BCUT2D eigenvalue weighted by Gasteiger charge is -2.14. The molecule has 1 N–H and O–H groups in total. The third kappa shape index (κ3) is 4.84. The van der Waals surface area contributed by atoms with Crippen molar-refractivity contribution >= 4 is 28.4 Å². The smallest absolute Gasteiger partial charge is 0.269 e. The molecule has 3 rings (SSSR count). The van der Waals surface area contributed by atoms with Crippen molar-refractivity contribution < 1.29 is 19.1 Å². The molecule has 0 unspecified atom stereocenters. The number of nitrogens with one attached hydrogen (secondary N) is 1. The van der Waals surface area contributed by atoms with E-state index in [4.69, 9.17) is 14.2 Å². The molecule has 9 nitrogen and oxygen atoms in total. The van der Waals surface area contributed by atoms with Gasteiger partial charge in [0.05, 0.1) is 37.7 Å². The third-order valence-electron chi connectivity index (χ3n) is 4.02. The van der Waals surface area contributed by atoms with Gasteiger partial charge in [0, 0.05) is 28.6 Å². The van der Waals surface area contributed by atoms with E-state index in [1.54, 1.807) is 44.7 Å². The number of nitrogens with zero attached hydrogens (tertiary/aromatic N) is 3. The molecule has 0 saturated carbocycles. The average molecular weight is 428 g/mol. The lowest BCUT2D eigenvalue weighted by atomic mass is 10.1. The molecule has 1 aromatic heterocycles. The van der Waals surface area contributed by atoms with Crippen molar-refractivity contribution in [2.75, 3.05) is 26.3 Å². The van der Waals surface area contributed by atoms with Crippen LogP contribution >= 0.6 is 11.3 Å². The Balaban J connectivity index is 1.72. The normalized spacial score (nSPS) is 10.8. The Morgan fingerprint density at radius 3 is 2.43 bits per heavy atom. The number of hydrogen-bond acceptors (Lipinski definition) is 9. The molecular formula is C20H20N4O5S. The van der Waals surface area contributed by atoms with Crippen LogP contribution in [0, 0.1) is 10.1 Å². The third-order valence-corrected chi connectivity index (χ3v) is 4.77. The van der Waals surface area contributed by atoms with Crippen LogP contribution in [0.2, 0.25) is 0 Å². The molecule has 0 amide bonds. The minimum absolute atomic E-state index is 0.0399. The summed E-state index contributed by atoms with van der Waals surface area (Å²) in [7, 11) is 3.12. The SMILES string of the molecule is CCOc1c(OC)cc(/C=N/Nc2nc(-c3ccc([N+](=O)[O-])cc3)cs2)cc1OC. The topological polar surface area (TPSA) is 108 Å². The molecule has 2 aromatic carbocycles. The van der Waals surface area contributed by atoms with Gasteiger partial charge in [-0.1, -0.05) is 0 Å². The van der Waals surface area contributed by atoms with Gasteiger partial charge in [0.1, 0.15) is 0 Å². The summed E-state index contributed by atoms with van der Waals surface area (Å²) in [5.74, 6) is 1.64. The van der Waals surface area contributed by atoms with E-state index in [9.17, 15) is 10.1 Å². The minimum Gasteiger partial charge on any atom is -0.493 e. The van der Waals surface area contributed by atoms with Gasteiger partial charge in [-0.05, 0) is 31.2 Å². The van der Waals surface area contributed by atoms with Crippen LogP contribution in [0.5, 0.6) is 17.2 Å². The number of hydrazone groups is 1. The maximum atomic E-state index is 10.8. The summed E-state index contributed by atoms with van der Waals surface area (Å²) < 4.78 is 16.4. The minimum atomic E-state index is -0.433. The van der Waals surface area contributed by atoms with Crippen LogP contribution in [0.4, 0.5) is 10.8 Å². The van der Waals surface area contributed by atoms with Crippen LogP contribution in [-0.2, 0) is 0 Å². The summed E-state index contributed by atoms with van der Waals surface area (Å²) in [5, 5.41) is 17.4. The summed E-state index contributed by atoms with van der Waals surface area (Å²) >= 11 is 1.38. The van der Waals surface area contributed by atoms with Crippen molar-refractivity contribution in [3.8, 4) is 28.5 Å². The quantitative estimate of drug-likeness (QED) is 0.302. The molecule has 1 heterocycles. The average Bonchev–Trinajstić information content (AvgIpc) is 3.23. The zero-order chi connectivity index (χ0) is 21.5. The molecule has 0 aliphatic rings. The van der Waals surface area contributed by atoms with E-state index in [0.717, 1.165) is 11.1 Å². The number of nitro groups is 1. The van der Waals surface area contributed by atoms with Crippen molar-refractivity contribution in [3.63, 3.8) is 0 Å². The Bertz CT molecular complexity index is 1020. The van der Waals surface area contributed by atoms with E-state index in [2.05, 4.69) is 15.5 Å². The lowest BCUT2D eigenvalue weighted by molar-refractivity contribution is -0.384. The van der Waals surface area contributed by atoms with E-state index in [1.807, 2.05) is 12.3 Å². The van der Waals surface area contributed by atoms with E-state index in [1.165, 1.54) is 23.5 Å². The predicted octanol–water partition coefficient (Wildman–Crippen LogP) is 4.58. The first-order chi connectivity index (χ1) is 14.5. The molecule has 3 aromatic rings. The molecular weight excluding hydrogens is 408 g/mol. The molecule has 156 valence electrons. The standard InChI is InChI=1S/C20H20N4O5S/c1-4-29-19-17(27-2)9-13(10-18(19)28-3)11-21-23-20-22-16(12-30-20)14-5-7-15(8-6-14)24(25)26/h5-12H,4H2,1-3H3,(H,22,23)/b21-11+. The van der Waals surface area contributed by atoms with Gasteiger partial charge in [0.15, 0.2) is 11.5 Å². The van der Waals surface area contributed by atoms with Gasteiger partial charge in [0.25, 0.3) is 5.69 Å². The van der Waals surface area contributed by atoms with Crippen molar-refractivity contribution in [1.82, 2.24) is 4.98 Å². The van der Waals surface area contributed by atoms with Crippen LogP contribution in [0.25, 0.3) is 11.3 Å². The van der Waals surface area contributed by atoms with E-state index in [-0.39, 0.29) is 5.69 Å². The number of ether oxygens (including phenoxy) is 3. The van der Waals surface area contributed by atoms with Crippen LogP contribution in [0.3, 0.4) is 0 Å². The van der Waals surface area contributed by atoms with Gasteiger partial charge < -0.3 is 14.2 Å². The Morgan fingerprint density at radius 2 is 1.87 bits per heavy atom. The zero-order valence-electron chi connectivity index (χ0n) is 16.6. The Kier molecular flexibility index (Phi) is 6.81. The molecule has 0 fully saturated rings. The Hall–Kier alpha value is -3.66. The lowest BCUT2D eigenvalue weighted by Crippen LogP contribution is -2.00. The maximum absolute atomic E-state index is 10.8. The second-order valence-electron chi connectivity index (χ2n) is 5.90. The molecule has 30 heavy (non-hydrogen) atoms. The van der Waals surface area contributed by atoms with Crippen molar-refractivity contribution in [2.45, 2.75) is 6.92 Å². The number of benzene rings is 2. The highest BCUT2D eigenvalue weighted by molar-refractivity contribution is 7.14. The fourth-order valence-electron chi connectivity index (χ4n) is 2.63. The second kappa shape index (κ2) is 9.70. The van der Waals surface area contributed by atoms with Crippen molar-refractivity contribution in [1.29, 1.82) is 0 Å². The summed E-state index contributed by atoms with van der Waals surface area (Å²) in [6.07, 6.45) is 1.62. The number of thiazole rings is 1. The number of nitro benzene ring substituents is 1. The number of rotatable bonds is 9. The summed E-state index contributed by atoms with van der Waals surface area (Å²) in [6, 6.07) is 9.82. The highest BCUT2D eigenvalue weighted by atomic mass is 32.1. The molecule has 0 bridgehead atoms. The fraction of sp³-hybridized carbons (Fsp3) is 0.200. The highest BCUT2D eigenvalue weighted by Crippen LogP contribution is 2.38. The van der Waals surface area contributed by atoms with Gasteiger partial charge in [-0.15, -0.1) is 11.3 Å². The number of non-ortho nitro benzene ring substituents is 1. The van der Waals surface area contributed by atoms with Gasteiger partial charge >= 0.3 is 0 Å². The number of aromatic nitrogens is 1. The maximum Gasteiger partial charge on any atom is 0.269 e. The van der Waals surface area contributed by atoms with E-state index in [0.29, 0.717) is 34.7 Å². The summed E-state index contributed by atoms with van der Waals surface area (Å²) in [6.45, 7) is 2.37. The summed E-state index contributed by atoms with van der Waals surface area (Å²) in [4.78, 5) is 14.8. The molecule has 0 saturated heterocycles. The van der Waals surface area contributed by atoms with Gasteiger partial charge in [0.2, 0.25) is 10.9 Å². The molecule has 0 aliphatic heterocycles. The van der Waals surface area contributed by atoms with Crippen molar-refractivity contribution in [2.24, 2.45) is 5.10 Å². The summed E-state index contributed by atoms with van der Waals surface area (Å²) in [5.41, 5.74) is 5.17. The zero-order valence-corrected chi connectivity index (χ0v) is 17.4. The molecule has 0 spiro atoms. The molecule has 0 aliphatic carbocycles. The van der Waals surface area contributed by atoms with Crippen LogP contribution in [0.1, 0.15) is 12.5 Å². The van der Waals surface area contributed by atoms with Crippen LogP contribution in [-0.4, -0.2) is 36.9 Å². The Labute approximate surface area is 177 Å². The molecule has 0 radical (unpaired) electrons. The van der Waals surface area contributed by atoms with E-state index >= 15 is 0 Å². The van der Waals surface area contributed by atoms with E-state index < -0.39 is 4.92 Å². The van der Waals surface area contributed by atoms with Crippen molar-refractivity contribution in [3.05, 3.63) is 57.5 Å². The van der Waals surface area contributed by atoms with Gasteiger partial charge in [-0.2, -0.15) is 5.10 Å². The monoisotopic (exact) mass is 428 g/mol. The first-order valence-corrected chi connectivity index (χ1v) is 9.82. The molecule has 10 heteroatoms. The van der Waals surface area contributed by atoms with Gasteiger partial charge in [-0.3, -0.25) is 15.5 Å². The first kappa shape index (κ1) is 21.1. The number of hydrogen-bond donors (Lipinski definition) is 1. The largest absolute Gasteiger partial charge is 0.493 e. The number of methoxy groups -OCH3 is 2. The van der Waals surface area contributed by atoms with Crippen LogP contribution in [0.15, 0.2) is 46.9 Å². The fourth-order valence-corrected chi connectivity index (χ4v) is 3.30. The second-order valence-corrected chi connectivity index (χ2v) is 6.76. The van der Waals surface area contributed by atoms with Crippen LogP contribution < -0.4 is 19.6 Å². The first-order valence-electron chi connectivity index (χ1n) is 8.94. The highest BCUT2D eigenvalue weighted by Gasteiger charge is 2.13. The number of anilines is 1. The predicted molar refractivity (Wildman–Crippen MR) is 116 cm³/mol.